The van der Waals surface area contributed by atoms with Crippen molar-refractivity contribution in [2.24, 2.45) is 10.3 Å². The Bertz CT molecular complexity index is 2430. The van der Waals surface area contributed by atoms with E-state index in [9.17, 15) is 27.0 Å². The van der Waals surface area contributed by atoms with Gasteiger partial charge in [0.1, 0.15) is 21.3 Å². The third-order valence-electron chi connectivity index (χ3n) is 7.71. The van der Waals surface area contributed by atoms with Crippen molar-refractivity contribution in [1.82, 2.24) is 0 Å². The second-order valence-corrected chi connectivity index (χ2v) is 15.1. The first-order chi connectivity index (χ1) is 25.7. The molecule has 17 heteroatoms. The molecule has 6 rings (SSSR count). The van der Waals surface area contributed by atoms with Gasteiger partial charge in [0, 0.05) is 0 Å². The van der Waals surface area contributed by atoms with Crippen LogP contribution in [0, 0.1) is 0 Å². The van der Waals surface area contributed by atoms with Gasteiger partial charge in [0.05, 0.1) is 32.8 Å². The lowest BCUT2D eigenvalue weighted by molar-refractivity contribution is 0.255. The van der Waals surface area contributed by atoms with Crippen LogP contribution >= 0.6 is 23.2 Å². The van der Waals surface area contributed by atoms with Crippen LogP contribution in [-0.2, 0) is 20.0 Å². The van der Waals surface area contributed by atoms with Gasteiger partial charge in [-0.25, -0.2) is 31.9 Å². The largest absolute Gasteiger partial charge is 0.504 e. The monoisotopic (exact) mass is 806 g/mol. The number of sulfonamides is 2. The Kier molecular flexibility index (Phi) is 10.7. The lowest BCUT2D eigenvalue weighted by Crippen LogP contribution is -2.39. The fraction of sp³-hybridized carbons (Fsp3) is 0. The average Bonchev–Trinajstić information content (AvgIpc) is 3.11. The third-order valence-corrected chi connectivity index (χ3v) is 10.5. The molecular formula is C37H28Cl2N4O9S2. The molecule has 0 aliphatic heterocycles. The van der Waals surface area contributed by atoms with Gasteiger partial charge in [-0.15, -0.1) is 0 Å². The van der Waals surface area contributed by atoms with Gasteiger partial charge in [-0.2, -0.15) is 0 Å². The summed E-state index contributed by atoms with van der Waals surface area (Å²) in [7, 11) is -9.51. The van der Waals surface area contributed by atoms with E-state index in [2.05, 4.69) is 0 Å². The number of rotatable bonds is 10. The van der Waals surface area contributed by atoms with Gasteiger partial charge in [-0.05, 0) is 72.8 Å². The Hall–Kier alpha value is -5.81. The average molecular weight is 808 g/mol. The Balaban J connectivity index is 1.69. The van der Waals surface area contributed by atoms with Crippen LogP contribution in [0.3, 0.4) is 0 Å². The van der Waals surface area contributed by atoms with Gasteiger partial charge in [0.15, 0.2) is 23.0 Å². The lowest BCUT2D eigenvalue weighted by atomic mass is 10.1. The Labute approximate surface area is 319 Å². The minimum Gasteiger partial charge on any atom is -0.504 e. The molecule has 0 unspecified atom stereocenters. The maximum atomic E-state index is 15.5. The molecule has 0 heterocycles. The van der Waals surface area contributed by atoms with Crippen LogP contribution in [-0.4, -0.2) is 33.1 Å². The predicted molar refractivity (Wildman–Crippen MR) is 205 cm³/mol. The summed E-state index contributed by atoms with van der Waals surface area (Å²) in [6.45, 7) is 0. The zero-order valence-corrected chi connectivity index (χ0v) is 30.7. The standard InChI is InChI=1S/C37H28Cl2N4O9S2/c38-25-19-21-29(33(44)35(25)53(40,47)48)43(30-22-20-26(39)36(34(30)45)54(41,49)50)37(46)42(27-15-7-9-17-31(27)51-23-11-3-1-4-12-23)28-16-8-10-18-32(28)52-24-13-5-2-6-14-24/h1-22,44-45H,(H2,40,47,48)(H2,41,49,50). The molecule has 6 aromatic carbocycles. The first-order valence-electron chi connectivity index (χ1n) is 15.5. The Morgan fingerprint density at radius 1 is 0.500 bits per heavy atom. The van der Waals surface area contributed by atoms with E-state index in [0.29, 0.717) is 16.4 Å². The highest BCUT2D eigenvalue weighted by Gasteiger charge is 2.37. The van der Waals surface area contributed by atoms with E-state index in [1.54, 1.807) is 97.1 Å². The van der Waals surface area contributed by atoms with E-state index in [0.717, 1.165) is 29.2 Å². The van der Waals surface area contributed by atoms with Crippen LogP contribution < -0.4 is 29.6 Å². The zero-order chi connectivity index (χ0) is 38.8. The van der Waals surface area contributed by atoms with Crippen LogP contribution in [0.15, 0.2) is 143 Å². The minimum atomic E-state index is -4.76. The minimum absolute atomic E-state index is 0.0701. The number of phenols is 2. The number of benzene rings is 6. The number of primary sulfonamides is 2. The Morgan fingerprint density at radius 3 is 1.20 bits per heavy atom. The number of carbonyl (C=O) groups excluding carboxylic acids is 1. The molecule has 0 saturated carbocycles. The molecule has 0 aromatic heterocycles. The number of urea groups is 1. The van der Waals surface area contributed by atoms with Gasteiger partial charge in [0.2, 0.25) is 20.0 Å². The first kappa shape index (κ1) is 37.9. The smallest absolute Gasteiger partial charge is 0.338 e. The number of anilines is 4. The van der Waals surface area contributed by atoms with Gasteiger partial charge < -0.3 is 19.7 Å². The first-order valence-corrected chi connectivity index (χ1v) is 19.4. The topological polar surface area (TPSA) is 203 Å². The molecule has 6 N–H and O–H groups in total. The lowest BCUT2D eigenvalue weighted by Gasteiger charge is -2.33. The van der Waals surface area contributed by atoms with Crippen molar-refractivity contribution in [3.8, 4) is 34.5 Å². The molecule has 0 radical (unpaired) electrons. The van der Waals surface area contributed by atoms with Gasteiger partial charge in [-0.1, -0.05) is 83.9 Å². The number of para-hydroxylation sites is 6. The van der Waals surface area contributed by atoms with E-state index >= 15 is 4.79 Å². The number of hydrogen-bond acceptors (Lipinski definition) is 9. The summed E-state index contributed by atoms with van der Waals surface area (Å²) < 4.78 is 63.2. The van der Waals surface area contributed by atoms with E-state index in [1.807, 2.05) is 0 Å². The van der Waals surface area contributed by atoms with Crippen molar-refractivity contribution in [3.05, 3.63) is 144 Å². The second-order valence-electron chi connectivity index (χ2n) is 11.3. The van der Waals surface area contributed by atoms with E-state index in [-0.39, 0.29) is 22.9 Å². The van der Waals surface area contributed by atoms with E-state index in [1.165, 1.54) is 12.1 Å². The summed E-state index contributed by atoms with van der Waals surface area (Å²) in [5.41, 5.74) is -1.08. The predicted octanol–water partition coefficient (Wildman–Crippen LogP) is 8.38. The number of hydrogen-bond donors (Lipinski definition) is 4. The molecule has 276 valence electrons. The number of ether oxygens (including phenoxy) is 2. The number of nitrogens with two attached hydrogens (primary N) is 2. The summed E-state index contributed by atoms with van der Waals surface area (Å²) >= 11 is 12.3. The molecule has 13 nitrogen and oxygen atoms in total. The molecule has 0 saturated heterocycles. The summed E-state index contributed by atoms with van der Waals surface area (Å²) in [5, 5.41) is 32.9. The quantitative estimate of drug-likeness (QED) is 0.105. The van der Waals surface area contributed by atoms with E-state index in [4.69, 9.17) is 43.0 Å². The number of aromatic hydroxyl groups is 2. The molecule has 0 fully saturated rings. The number of carbonyl (C=O) groups is 1. The molecule has 0 spiro atoms. The molecule has 0 atom stereocenters. The summed E-state index contributed by atoms with van der Waals surface area (Å²) in [4.78, 5) is 15.3. The highest BCUT2D eigenvalue weighted by atomic mass is 35.5. The van der Waals surface area contributed by atoms with Crippen molar-refractivity contribution in [2.45, 2.75) is 9.79 Å². The number of nitrogens with zero attached hydrogens (tertiary/aromatic N) is 2. The van der Waals surface area contributed by atoms with Crippen molar-refractivity contribution >= 4 is 72.0 Å². The number of phenolic OH excluding ortho intramolecular Hbond substituents is 2. The molecule has 2 amide bonds. The highest BCUT2D eigenvalue weighted by Crippen LogP contribution is 2.49. The van der Waals surface area contributed by atoms with Crippen molar-refractivity contribution in [1.29, 1.82) is 0 Å². The van der Waals surface area contributed by atoms with Crippen LogP contribution in [0.4, 0.5) is 27.5 Å². The van der Waals surface area contributed by atoms with Crippen LogP contribution in [0.25, 0.3) is 0 Å². The molecular weight excluding hydrogens is 779 g/mol. The van der Waals surface area contributed by atoms with Crippen LogP contribution in [0.1, 0.15) is 0 Å². The zero-order valence-electron chi connectivity index (χ0n) is 27.6. The normalized spacial score (nSPS) is 11.5. The number of amides is 2. The van der Waals surface area contributed by atoms with Gasteiger partial charge in [-0.3, -0.25) is 9.80 Å². The summed E-state index contributed by atoms with van der Waals surface area (Å²) in [6, 6.07) is 33.0. The molecule has 0 bridgehead atoms. The summed E-state index contributed by atoms with van der Waals surface area (Å²) in [6.07, 6.45) is 0. The van der Waals surface area contributed by atoms with Crippen molar-refractivity contribution < 1.29 is 41.3 Å². The fourth-order valence-electron chi connectivity index (χ4n) is 5.43. The molecule has 0 aliphatic rings. The maximum absolute atomic E-state index is 15.5. The van der Waals surface area contributed by atoms with Gasteiger partial charge in [0.25, 0.3) is 0 Å². The summed E-state index contributed by atoms with van der Waals surface area (Å²) in [5.74, 6) is -1.20. The highest BCUT2D eigenvalue weighted by molar-refractivity contribution is 7.89. The number of halogens is 2. The Morgan fingerprint density at radius 2 is 0.833 bits per heavy atom. The van der Waals surface area contributed by atoms with Gasteiger partial charge >= 0.3 is 6.03 Å². The fourth-order valence-corrected chi connectivity index (χ4v) is 7.81. The molecule has 6 aromatic rings. The van der Waals surface area contributed by atoms with Crippen LogP contribution in [0.5, 0.6) is 34.5 Å². The van der Waals surface area contributed by atoms with Crippen molar-refractivity contribution in [3.63, 3.8) is 0 Å². The molecule has 54 heavy (non-hydrogen) atoms. The van der Waals surface area contributed by atoms with E-state index < -0.39 is 68.8 Å². The second kappa shape index (κ2) is 15.3. The van der Waals surface area contributed by atoms with Crippen LogP contribution in [0.2, 0.25) is 10.0 Å². The SMILES string of the molecule is NS(=O)(=O)c1c(Cl)ccc(N(C(=O)N(c2ccccc2Oc2ccccc2)c2ccccc2Oc2ccccc2)c2ccc(Cl)c(S(N)(=O)=O)c2O)c1O. The molecule has 0 aliphatic carbocycles. The maximum Gasteiger partial charge on any atom is 0.338 e. The van der Waals surface area contributed by atoms with Crippen molar-refractivity contribution in [2.75, 3.05) is 9.80 Å². The third kappa shape index (κ3) is 7.77.